The van der Waals surface area contributed by atoms with Crippen molar-refractivity contribution < 1.29 is 14.6 Å². The molecule has 0 spiro atoms. The Bertz CT molecular complexity index is 433. The van der Waals surface area contributed by atoms with Crippen LogP contribution in [0, 0.1) is 0 Å². The molecule has 1 fully saturated rings. The van der Waals surface area contributed by atoms with Gasteiger partial charge in [0.2, 0.25) is 0 Å². The van der Waals surface area contributed by atoms with E-state index in [-0.39, 0.29) is 6.10 Å². The van der Waals surface area contributed by atoms with Gasteiger partial charge in [0.05, 0.1) is 10.6 Å². The van der Waals surface area contributed by atoms with Gasteiger partial charge in [-0.15, -0.1) is 11.3 Å². The van der Waals surface area contributed by atoms with E-state index in [1.807, 2.05) is 6.92 Å². The maximum atomic E-state index is 10.5. The minimum Gasteiger partial charge on any atom is -0.478 e. The van der Waals surface area contributed by atoms with Crippen molar-refractivity contribution in [2.24, 2.45) is 0 Å². The number of thiazole rings is 1. The first-order chi connectivity index (χ1) is 8.20. The monoisotopic (exact) mass is 253 g/mol. The van der Waals surface area contributed by atoms with Crippen molar-refractivity contribution in [3.05, 3.63) is 21.7 Å². The minimum atomic E-state index is -0.931. The number of carboxylic acid groups (broad SMARTS) is 1. The summed E-state index contributed by atoms with van der Waals surface area (Å²) in [7, 11) is 0. The predicted molar refractivity (Wildman–Crippen MR) is 66.1 cm³/mol. The highest BCUT2D eigenvalue weighted by Crippen LogP contribution is 2.33. The van der Waals surface area contributed by atoms with Gasteiger partial charge in [-0.3, -0.25) is 0 Å². The van der Waals surface area contributed by atoms with E-state index in [2.05, 4.69) is 4.98 Å². The van der Waals surface area contributed by atoms with Crippen molar-refractivity contribution >= 4 is 23.4 Å². The molecule has 0 aliphatic carbocycles. The lowest BCUT2D eigenvalue weighted by atomic mass is 10.2. The van der Waals surface area contributed by atoms with Gasteiger partial charge in [0, 0.05) is 12.7 Å². The van der Waals surface area contributed by atoms with E-state index >= 15 is 0 Å². The average Bonchev–Trinajstić information content (AvgIpc) is 2.94. The molecular formula is C12H15NO3S. The molecule has 1 aliphatic heterocycles. The molecule has 2 heterocycles. The van der Waals surface area contributed by atoms with Crippen molar-refractivity contribution in [1.82, 2.24) is 4.98 Å². The molecule has 1 aliphatic rings. The normalized spacial score (nSPS) is 20.2. The molecular weight excluding hydrogens is 238 g/mol. The number of aliphatic carboxylic acids is 1. The third-order valence-electron chi connectivity index (χ3n) is 2.66. The second-order valence-electron chi connectivity index (χ2n) is 3.89. The topological polar surface area (TPSA) is 59.4 Å². The van der Waals surface area contributed by atoms with E-state index in [0.29, 0.717) is 0 Å². The lowest BCUT2D eigenvalue weighted by Crippen LogP contribution is -1.95. The van der Waals surface area contributed by atoms with Gasteiger partial charge in [-0.25, -0.2) is 9.78 Å². The summed E-state index contributed by atoms with van der Waals surface area (Å²) in [6, 6.07) is 0. The van der Waals surface area contributed by atoms with E-state index in [1.165, 1.54) is 11.3 Å². The summed E-state index contributed by atoms with van der Waals surface area (Å²) >= 11 is 1.54. The molecule has 17 heavy (non-hydrogen) atoms. The Labute approximate surface area is 104 Å². The number of rotatable bonds is 4. The molecule has 92 valence electrons. The Hall–Kier alpha value is -1.20. The summed E-state index contributed by atoms with van der Waals surface area (Å²) in [5.41, 5.74) is 0.956. The van der Waals surface area contributed by atoms with E-state index in [4.69, 9.17) is 9.84 Å². The van der Waals surface area contributed by atoms with Crippen molar-refractivity contribution in [3.8, 4) is 0 Å². The predicted octanol–water partition coefficient (Wildman–Crippen LogP) is 2.65. The van der Waals surface area contributed by atoms with Crippen LogP contribution in [-0.4, -0.2) is 22.7 Å². The van der Waals surface area contributed by atoms with Crippen molar-refractivity contribution in [2.45, 2.75) is 32.3 Å². The van der Waals surface area contributed by atoms with Crippen LogP contribution in [0.4, 0.5) is 0 Å². The van der Waals surface area contributed by atoms with Crippen molar-refractivity contribution in [2.75, 3.05) is 6.61 Å². The largest absolute Gasteiger partial charge is 0.478 e. The van der Waals surface area contributed by atoms with Gasteiger partial charge in [0.25, 0.3) is 0 Å². The fourth-order valence-electron chi connectivity index (χ4n) is 1.82. The molecule has 1 aromatic rings. The SMILES string of the molecule is CCc1nc(C2CCCO2)sc1/C=C/C(=O)O. The molecule has 1 unspecified atom stereocenters. The molecule has 0 amide bonds. The number of aromatic nitrogens is 1. The van der Waals surface area contributed by atoms with E-state index < -0.39 is 5.97 Å². The van der Waals surface area contributed by atoms with Crippen LogP contribution in [0.2, 0.25) is 0 Å². The molecule has 1 atom stereocenters. The highest BCUT2D eigenvalue weighted by molar-refractivity contribution is 7.12. The van der Waals surface area contributed by atoms with Crippen LogP contribution >= 0.6 is 11.3 Å². The number of carbonyl (C=O) groups is 1. The second kappa shape index (κ2) is 5.42. The standard InChI is InChI=1S/C12H15NO3S/c1-2-8-10(5-6-11(14)15)17-12(13-8)9-4-3-7-16-9/h5-6,9H,2-4,7H2,1H3,(H,14,15)/b6-5+. The van der Waals surface area contributed by atoms with E-state index in [1.54, 1.807) is 6.08 Å². The molecule has 1 aromatic heterocycles. The molecule has 1 saturated heterocycles. The molecule has 4 nitrogen and oxygen atoms in total. The lowest BCUT2D eigenvalue weighted by molar-refractivity contribution is -0.131. The van der Waals surface area contributed by atoms with Crippen LogP contribution in [0.1, 0.15) is 41.4 Å². The van der Waals surface area contributed by atoms with E-state index in [0.717, 1.165) is 47.5 Å². The van der Waals surface area contributed by atoms with Gasteiger partial charge < -0.3 is 9.84 Å². The number of nitrogens with zero attached hydrogens (tertiary/aromatic N) is 1. The van der Waals surface area contributed by atoms with Gasteiger partial charge in [-0.05, 0) is 25.3 Å². The van der Waals surface area contributed by atoms with Crippen LogP contribution in [0.3, 0.4) is 0 Å². The maximum absolute atomic E-state index is 10.5. The summed E-state index contributed by atoms with van der Waals surface area (Å²) < 4.78 is 5.58. The fourth-order valence-corrected chi connectivity index (χ4v) is 2.97. The number of hydrogen-bond donors (Lipinski definition) is 1. The molecule has 1 N–H and O–H groups in total. The van der Waals surface area contributed by atoms with Gasteiger partial charge in [-0.1, -0.05) is 6.92 Å². The average molecular weight is 253 g/mol. The van der Waals surface area contributed by atoms with Gasteiger partial charge in [0.1, 0.15) is 11.1 Å². The summed E-state index contributed by atoms with van der Waals surface area (Å²) in [6.07, 6.45) is 5.79. The van der Waals surface area contributed by atoms with Gasteiger partial charge in [0.15, 0.2) is 0 Å². The highest BCUT2D eigenvalue weighted by atomic mass is 32.1. The Morgan fingerprint density at radius 3 is 3.12 bits per heavy atom. The van der Waals surface area contributed by atoms with Crippen molar-refractivity contribution in [1.29, 1.82) is 0 Å². The Balaban J connectivity index is 2.22. The molecule has 0 saturated carbocycles. The molecule has 2 rings (SSSR count). The number of hydrogen-bond acceptors (Lipinski definition) is 4. The highest BCUT2D eigenvalue weighted by Gasteiger charge is 2.22. The quantitative estimate of drug-likeness (QED) is 0.838. The summed E-state index contributed by atoms with van der Waals surface area (Å²) in [5.74, 6) is -0.931. The lowest BCUT2D eigenvalue weighted by Gasteiger charge is -2.03. The zero-order valence-corrected chi connectivity index (χ0v) is 10.5. The zero-order chi connectivity index (χ0) is 12.3. The number of aryl methyl sites for hydroxylation is 1. The van der Waals surface area contributed by atoms with Gasteiger partial charge in [-0.2, -0.15) is 0 Å². The van der Waals surface area contributed by atoms with Crippen LogP contribution < -0.4 is 0 Å². The van der Waals surface area contributed by atoms with E-state index in [9.17, 15) is 4.79 Å². The van der Waals surface area contributed by atoms with Gasteiger partial charge >= 0.3 is 5.97 Å². The summed E-state index contributed by atoms with van der Waals surface area (Å²) in [5, 5.41) is 9.61. The first-order valence-corrected chi connectivity index (χ1v) is 6.54. The maximum Gasteiger partial charge on any atom is 0.328 e. The van der Waals surface area contributed by atoms with Crippen LogP contribution in [0.25, 0.3) is 6.08 Å². The molecule has 5 heteroatoms. The van der Waals surface area contributed by atoms with Crippen LogP contribution in [0.15, 0.2) is 6.08 Å². The molecule has 0 bridgehead atoms. The summed E-state index contributed by atoms with van der Waals surface area (Å²) in [4.78, 5) is 16.0. The first kappa shape index (κ1) is 12.3. The summed E-state index contributed by atoms with van der Waals surface area (Å²) in [6.45, 7) is 2.82. The second-order valence-corrected chi connectivity index (χ2v) is 4.95. The molecule has 0 radical (unpaired) electrons. The minimum absolute atomic E-state index is 0.109. The zero-order valence-electron chi connectivity index (χ0n) is 9.68. The Morgan fingerprint density at radius 2 is 2.53 bits per heavy atom. The van der Waals surface area contributed by atoms with Crippen molar-refractivity contribution in [3.63, 3.8) is 0 Å². The Kier molecular flexibility index (Phi) is 3.91. The molecule has 0 aromatic carbocycles. The fraction of sp³-hybridized carbons (Fsp3) is 0.500. The third-order valence-corrected chi connectivity index (χ3v) is 3.82. The van der Waals surface area contributed by atoms with Crippen LogP contribution in [0.5, 0.6) is 0 Å². The number of ether oxygens (including phenoxy) is 1. The smallest absolute Gasteiger partial charge is 0.328 e. The number of carboxylic acids is 1. The third kappa shape index (κ3) is 2.92. The van der Waals surface area contributed by atoms with Crippen LogP contribution in [-0.2, 0) is 16.0 Å². The first-order valence-electron chi connectivity index (χ1n) is 5.73. The Morgan fingerprint density at radius 1 is 1.71 bits per heavy atom.